The average molecular weight is 448 g/mol. The summed E-state index contributed by atoms with van der Waals surface area (Å²) in [7, 11) is 4.95. The zero-order valence-corrected chi connectivity index (χ0v) is 18.6. The number of benzene rings is 2. The van der Waals surface area contributed by atoms with Crippen molar-refractivity contribution in [2.75, 3.05) is 26.9 Å². The summed E-state index contributed by atoms with van der Waals surface area (Å²) in [4.78, 5) is 33.5. The minimum atomic E-state index is -0.187. The molecule has 4 N–H and O–H groups in total. The number of pyridine rings is 1. The van der Waals surface area contributed by atoms with E-state index in [9.17, 15) is 9.59 Å². The second kappa shape index (κ2) is 8.36. The van der Waals surface area contributed by atoms with Crippen LogP contribution in [0.3, 0.4) is 0 Å². The Hall–Kier alpha value is -3.84. The maximum atomic E-state index is 12.5. The molecule has 0 fully saturated rings. The first-order valence-electron chi connectivity index (χ1n) is 9.91. The number of nitrogen functional groups attached to an aromatic ring is 1. The summed E-state index contributed by atoms with van der Waals surface area (Å²) in [6.07, 6.45) is 3.52. The summed E-state index contributed by atoms with van der Waals surface area (Å²) >= 11 is 6.86. The molecular weight excluding hydrogens is 426 g/mol. The van der Waals surface area contributed by atoms with Gasteiger partial charge in [0.1, 0.15) is 5.65 Å². The summed E-state index contributed by atoms with van der Waals surface area (Å²) in [6.45, 7) is 0. The molecule has 32 heavy (non-hydrogen) atoms. The molecule has 0 saturated carbocycles. The van der Waals surface area contributed by atoms with Gasteiger partial charge in [-0.2, -0.15) is 0 Å². The zero-order chi connectivity index (χ0) is 23.0. The van der Waals surface area contributed by atoms with Crippen molar-refractivity contribution in [1.29, 1.82) is 0 Å². The highest BCUT2D eigenvalue weighted by atomic mass is 35.5. The molecule has 0 aliphatic heterocycles. The van der Waals surface area contributed by atoms with Gasteiger partial charge in [0.05, 0.1) is 10.6 Å². The highest BCUT2D eigenvalue weighted by Crippen LogP contribution is 2.39. The average Bonchev–Trinajstić information content (AvgIpc) is 3.24. The van der Waals surface area contributed by atoms with Gasteiger partial charge >= 0.3 is 0 Å². The number of anilines is 1. The molecule has 2 aromatic carbocycles. The fraction of sp³-hybridized carbons (Fsp3) is 0.125. The predicted molar refractivity (Wildman–Crippen MR) is 128 cm³/mol. The fourth-order valence-corrected chi connectivity index (χ4v) is 3.93. The summed E-state index contributed by atoms with van der Waals surface area (Å²) in [6, 6.07) is 12.5. The Morgan fingerprint density at radius 2 is 1.75 bits per heavy atom. The van der Waals surface area contributed by atoms with Crippen LogP contribution in [0.5, 0.6) is 0 Å². The van der Waals surface area contributed by atoms with Crippen LogP contribution in [-0.2, 0) is 0 Å². The number of nitrogens with zero attached hydrogens (tertiary/aromatic N) is 2. The summed E-state index contributed by atoms with van der Waals surface area (Å²) in [5.74, 6) is -0.336. The van der Waals surface area contributed by atoms with Gasteiger partial charge in [-0.1, -0.05) is 29.8 Å². The van der Waals surface area contributed by atoms with Gasteiger partial charge in [0.25, 0.3) is 11.8 Å². The molecule has 2 aromatic heterocycles. The van der Waals surface area contributed by atoms with Gasteiger partial charge in [-0.3, -0.25) is 9.59 Å². The van der Waals surface area contributed by atoms with Crippen molar-refractivity contribution in [2.24, 2.45) is 0 Å². The summed E-state index contributed by atoms with van der Waals surface area (Å²) in [5, 5.41) is 3.88. The van der Waals surface area contributed by atoms with Crippen LogP contribution in [0.15, 0.2) is 54.9 Å². The normalized spacial score (nSPS) is 10.9. The number of nitrogens with one attached hydrogen (secondary N) is 2. The van der Waals surface area contributed by atoms with Crippen molar-refractivity contribution >= 4 is 40.1 Å². The van der Waals surface area contributed by atoms with Crippen LogP contribution in [-0.4, -0.2) is 47.8 Å². The van der Waals surface area contributed by atoms with Gasteiger partial charge < -0.3 is 20.9 Å². The van der Waals surface area contributed by atoms with Crippen molar-refractivity contribution in [3.05, 3.63) is 71.0 Å². The van der Waals surface area contributed by atoms with E-state index in [1.54, 1.807) is 51.6 Å². The number of aromatic nitrogens is 2. The van der Waals surface area contributed by atoms with Crippen LogP contribution < -0.4 is 11.1 Å². The lowest BCUT2D eigenvalue weighted by Gasteiger charge is -2.14. The topological polar surface area (TPSA) is 104 Å². The smallest absolute Gasteiger partial charge is 0.255 e. The van der Waals surface area contributed by atoms with E-state index in [0.29, 0.717) is 33.0 Å². The number of aromatic amines is 1. The van der Waals surface area contributed by atoms with Gasteiger partial charge in [-0.15, -0.1) is 0 Å². The standard InChI is InChI=1S/C24H22ClN5O2/c1-27-23(31)14-6-4-13(5-7-14)17-11-28-22-20(17)21(25)18(12-29-22)15-8-9-19(26)16(10-15)24(32)30(2)3/h4-12H,26H2,1-3H3,(H,27,31)(H,28,29). The van der Waals surface area contributed by atoms with E-state index in [2.05, 4.69) is 15.3 Å². The van der Waals surface area contributed by atoms with Gasteiger partial charge in [0, 0.05) is 61.3 Å². The molecule has 2 heterocycles. The van der Waals surface area contributed by atoms with Crippen molar-refractivity contribution in [3.63, 3.8) is 0 Å². The van der Waals surface area contributed by atoms with Crippen LogP contribution in [0, 0.1) is 0 Å². The molecule has 0 aliphatic carbocycles. The van der Waals surface area contributed by atoms with Crippen molar-refractivity contribution < 1.29 is 9.59 Å². The first-order chi connectivity index (χ1) is 15.3. The number of hydrogen-bond acceptors (Lipinski definition) is 4. The lowest BCUT2D eigenvalue weighted by Crippen LogP contribution is -2.22. The number of carbonyl (C=O) groups is 2. The van der Waals surface area contributed by atoms with E-state index in [4.69, 9.17) is 17.3 Å². The monoisotopic (exact) mass is 447 g/mol. The van der Waals surface area contributed by atoms with Crippen LogP contribution in [0.25, 0.3) is 33.3 Å². The highest BCUT2D eigenvalue weighted by molar-refractivity contribution is 6.39. The van der Waals surface area contributed by atoms with E-state index in [0.717, 1.165) is 22.1 Å². The Balaban J connectivity index is 1.83. The summed E-state index contributed by atoms with van der Waals surface area (Å²) < 4.78 is 0. The minimum Gasteiger partial charge on any atom is -0.398 e. The van der Waals surface area contributed by atoms with Gasteiger partial charge in [-0.05, 0) is 35.4 Å². The first-order valence-corrected chi connectivity index (χ1v) is 10.3. The molecule has 0 radical (unpaired) electrons. The van der Waals surface area contributed by atoms with E-state index in [-0.39, 0.29) is 11.8 Å². The van der Waals surface area contributed by atoms with Crippen molar-refractivity contribution in [1.82, 2.24) is 20.2 Å². The van der Waals surface area contributed by atoms with E-state index in [1.807, 2.05) is 24.4 Å². The van der Waals surface area contributed by atoms with E-state index < -0.39 is 0 Å². The van der Waals surface area contributed by atoms with Crippen LogP contribution >= 0.6 is 11.6 Å². The molecule has 0 spiro atoms. The third kappa shape index (κ3) is 3.67. The molecule has 162 valence electrons. The molecule has 0 aliphatic rings. The SMILES string of the molecule is CNC(=O)c1ccc(-c2c[nH]c3ncc(-c4ccc(N)c(C(=O)N(C)C)c4)c(Cl)c23)cc1. The summed E-state index contributed by atoms with van der Waals surface area (Å²) in [5.41, 5.74) is 11.2. The minimum absolute atomic E-state index is 0.149. The van der Waals surface area contributed by atoms with Crippen LogP contribution in [0.1, 0.15) is 20.7 Å². The lowest BCUT2D eigenvalue weighted by atomic mass is 9.99. The highest BCUT2D eigenvalue weighted by Gasteiger charge is 2.18. The Labute approximate surface area is 190 Å². The quantitative estimate of drug-likeness (QED) is 0.408. The molecular formula is C24H22ClN5O2. The Kier molecular flexibility index (Phi) is 5.59. The number of amides is 2. The molecule has 0 saturated heterocycles. The maximum Gasteiger partial charge on any atom is 0.255 e. The fourth-order valence-electron chi connectivity index (χ4n) is 3.58. The third-order valence-corrected chi connectivity index (χ3v) is 5.72. The molecule has 7 nitrogen and oxygen atoms in total. The zero-order valence-electron chi connectivity index (χ0n) is 17.9. The van der Waals surface area contributed by atoms with Crippen LogP contribution in [0.2, 0.25) is 5.02 Å². The second-order valence-corrected chi connectivity index (χ2v) is 7.95. The van der Waals surface area contributed by atoms with Gasteiger partial charge in [0.15, 0.2) is 0 Å². The molecule has 0 bridgehead atoms. The molecule has 4 rings (SSSR count). The van der Waals surface area contributed by atoms with Gasteiger partial charge in [0.2, 0.25) is 0 Å². The number of H-pyrrole nitrogens is 1. The number of nitrogens with two attached hydrogens (primary N) is 1. The van der Waals surface area contributed by atoms with Crippen molar-refractivity contribution in [3.8, 4) is 22.3 Å². The van der Waals surface area contributed by atoms with Gasteiger partial charge in [-0.25, -0.2) is 4.98 Å². The third-order valence-electron chi connectivity index (χ3n) is 5.32. The number of rotatable bonds is 4. The maximum absolute atomic E-state index is 12.5. The number of fused-ring (bicyclic) bond motifs is 1. The second-order valence-electron chi connectivity index (χ2n) is 7.57. The molecule has 2 amide bonds. The molecule has 0 atom stereocenters. The Bertz CT molecular complexity index is 1340. The predicted octanol–water partition coefficient (Wildman–Crippen LogP) is 4.19. The lowest BCUT2D eigenvalue weighted by molar-refractivity contribution is 0.0828. The first kappa shape index (κ1) is 21.4. The van der Waals surface area contributed by atoms with Crippen LogP contribution in [0.4, 0.5) is 5.69 Å². The van der Waals surface area contributed by atoms with Crippen molar-refractivity contribution in [2.45, 2.75) is 0 Å². The molecule has 0 unspecified atom stereocenters. The van der Waals surface area contributed by atoms with E-state index in [1.165, 1.54) is 4.90 Å². The number of carbonyl (C=O) groups excluding carboxylic acids is 2. The number of halogens is 1. The van der Waals surface area contributed by atoms with E-state index >= 15 is 0 Å². The largest absolute Gasteiger partial charge is 0.398 e. The Morgan fingerprint density at radius 3 is 2.41 bits per heavy atom. The Morgan fingerprint density at radius 1 is 1.06 bits per heavy atom. The molecule has 8 heteroatoms. The number of hydrogen-bond donors (Lipinski definition) is 3. The molecule has 4 aromatic rings.